The third-order valence-corrected chi connectivity index (χ3v) is 7.32. The average molecular weight is 487 g/mol. The predicted octanol–water partition coefficient (Wildman–Crippen LogP) is 7.17. The van der Waals surface area contributed by atoms with Crippen molar-refractivity contribution in [2.75, 3.05) is 12.4 Å². The Hall–Kier alpha value is -3.68. The first-order valence-electron chi connectivity index (χ1n) is 10.7. The molecule has 0 bridgehead atoms. The molecule has 1 amide bonds. The summed E-state index contributed by atoms with van der Waals surface area (Å²) in [6, 6.07) is 23.4. The molecule has 1 N–H and O–H groups in total. The van der Waals surface area contributed by atoms with Crippen LogP contribution in [0.15, 0.2) is 78.2 Å². The third-order valence-electron chi connectivity index (χ3n) is 5.28. The van der Waals surface area contributed by atoms with Gasteiger partial charge in [-0.15, -0.1) is 22.7 Å². The van der Waals surface area contributed by atoms with Gasteiger partial charge in [0.15, 0.2) is 0 Å². The van der Waals surface area contributed by atoms with Crippen LogP contribution in [0.4, 0.5) is 5.69 Å². The molecule has 0 aliphatic heterocycles. The number of amides is 1. The van der Waals surface area contributed by atoms with E-state index in [0.717, 1.165) is 38.8 Å². The van der Waals surface area contributed by atoms with Crippen molar-refractivity contribution in [1.82, 2.24) is 4.98 Å². The number of thiophene rings is 1. The summed E-state index contributed by atoms with van der Waals surface area (Å²) in [5.74, 6) is 1.40. The van der Waals surface area contributed by atoms with Gasteiger partial charge in [0.25, 0.3) is 5.91 Å². The lowest BCUT2D eigenvalue weighted by Crippen LogP contribution is -2.10. The number of hydrogen-bond acceptors (Lipinski definition) is 6. The van der Waals surface area contributed by atoms with Crippen molar-refractivity contribution in [1.29, 1.82) is 0 Å². The van der Waals surface area contributed by atoms with Crippen LogP contribution in [-0.4, -0.2) is 18.0 Å². The minimum Gasteiger partial charge on any atom is -0.497 e. The maximum atomic E-state index is 12.7. The molecule has 0 unspecified atom stereocenters. The molecule has 3 aromatic carbocycles. The van der Waals surface area contributed by atoms with Crippen LogP contribution in [0, 0.1) is 6.92 Å². The Morgan fingerprint density at radius 1 is 0.971 bits per heavy atom. The summed E-state index contributed by atoms with van der Waals surface area (Å²) in [5, 5.41) is 5.88. The summed E-state index contributed by atoms with van der Waals surface area (Å²) in [7, 11) is 1.63. The van der Waals surface area contributed by atoms with Crippen LogP contribution in [-0.2, 0) is 6.61 Å². The number of nitrogens with zero attached hydrogens (tertiary/aromatic N) is 1. The SMILES string of the molecule is COc1ccc(OCc2csc(C(=O)Nc3ccc(-c4nc5ccc(C)cc5s4)cc3)c2)cc1. The number of nitrogens with one attached hydrogen (secondary N) is 1. The number of aromatic nitrogens is 1. The van der Waals surface area contributed by atoms with Crippen molar-refractivity contribution < 1.29 is 14.3 Å². The molecule has 0 aliphatic carbocycles. The number of ether oxygens (including phenoxy) is 2. The highest BCUT2D eigenvalue weighted by molar-refractivity contribution is 7.21. The van der Waals surface area contributed by atoms with Gasteiger partial charge in [0.05, 0.1) is 22.2 Å². The number of anilines is 1. The largest absolute Gasteiger partial charge is 0.497 e. The first-order chi connectivity index (χ1) is 16.6. The van der Waals surface area contributed by atoms with E-state index in [1.165, 1.54) is 21.6 Å². The molecule has 0 aliphatic rings. The average Bonchev–Trinajstić information content (AvgIpc) is 3.50. The van der Waals surface area contributed by atoms with Gasteiger partial charge in [0.2, 0.25) is 0 Å². The first-order valence-corrected chi connectivity index (χ1v) is 12.4. The lowest BCUT2D eigenvalue weighted by molar-refractivity contribution is 0.103. The second-order valence-corrected chi connectivity index (χ2v) is 9.75. The van der Waals surface area contributed by atoms with E-state index in [0.29, 0.717) is 11.5 Å². The molecule has 0 saturated carbocycles. The van der Waals surface area contributed by atoms with Crippen molar-refractivity contribution >= 4 is 44.5 Å². The van der Waals surface area contributed by atoms with Gasteiger partial charge >= 0.3 is 0 Å². The van der Waals surface area contributed by atoms with E-state index in [1.807, 2.05) is 60.0 Å². The smallest absolute Gasteiger partial charge is 0.265 e. The van der Waals surface area contributed by atoms with E-state index < -0.39 is 0 Å². The summed E-state index contributed by atoms with van der Waals surface area (Å²) < 4.78 is 12.1. The standard InChI is InChI=1S/C27H22N2O3S2/c1-17-3-12-23-24(13-17)34-27(29-23)19-4-6-20(7-5-19)28-26(30)25-14-18(16-33-25)15-32-22-10-8-21(31-2)9-11-22/h3-14,16H,15H2,1-2H3,(H,28,30). The van der Waals surface area contributed by atoms with Gasteiger partial charge in [-0.05, 0) is 84.6 Å². The van der Waals surface area contributed by atoms with Crippen LogP contribution in [0.2, 0.25) is 0 Å². The molecule has 5 rings (SSSR count). The highest BCUT2D eigenvalue weighted by Gasteiger charge is 2.11. The molecule has 5 aromatic rings. The maximum absolute atomic E-state index is 12.7. The first kappa shape index (κ1) is 22.1. The molecule has 0 spiro atoms. The van der Waals surface area contributed by atoms with E-state index in [9.17, 15) is 4.79 Å². The molecule has 0 radical (unpaired) electrons. The molecule has 2 aromatic heterocycles. The van der Waals surface area contributed by atoms with Gasteiger partial charge in [0.1, 0.15) is 23.1 Å². The zero-order valence-corrected chi connectivity index (χ0v) is 20.3. The molecular weight excluding hydrogens is 464 g/mol. The summed E-state index contributed by atoms with van der Waals surface area (Å²) in [5.41, 5.74) is 4.96. The fourth-order valence-corrected chi connectivity index (χ4v) is 5.31. The normalized spacial score (nSPS) is 10.9. The maximum Gasteiger partial charge on any atom is 0.265 e. The Kier molecular flexibility index (Phi) is 6.29. The van der Waals surface area contributed by atoms with Gasteiger partial charge in [-0.2, -0.15) is 0 Å². The minimum atomic E-state index is -0.135. The second kappa shape index (κ2) is 9.67. The van der Waals surface area contributed by atoms with Gasteiger partial charge in [-0.3, -0.25) is 4.79 Å². The fourth-order valence-electron chi connectivity index (χ4n) is 3.45. The Labute approximate surface area is 205 Å². The monoisotopic (exact) mass is 486 g/mol. The molecular formula is C27H22N2O3S2. The minimum absolute atomic E-state index is 0.135. The van der Waals surface area contributed by atoms with Gasteiger partial charge in [-0.25, -0.2) is 4.98 Å². The Balaban J connectivity index is 1.20. The second-order valence-electron chi connectivity index (χ2n) is 7.81. The highest BCUT2D eigenvalue weighted by Crippen LogP contribution is 2.31. The molecule has 34 heavy (non-hydrogen) atoms. The number of carbonyl (C=O) groups excluding carboxylic acids is 1. The molecule has 2 heterocycles. The molecule has 170 valence electrons. The van der Waals surface area contributed by atoms with Crippen molar-refractivity contribution in [3.8, 4) is 22.1 Å². The number of hydrogen-bond donors (Lipinski definition) is 1. The lowest BCUT2D eigenvalue weighted by Gasteiger charge is -2.06. The number of benzene rings is 3. The predicted molar refractivity (Wildman–Crippen MR) is 139 cm³/mol. The van der Waals surface area contributed by atoms with E-state index in [1.54, 1.807) is 18.4 Å². The summed E-state index contributed by atoms with van der Waals surface area (Å²) >= 11 is 3.08. The molecule has 0 saturated heterocycles. The summed E-state index contributed by atoms with van der Waals surface area (Å²) in [4.78, 5) is 18.1. The van der Waals surface area contributed by atoms with Crippen LogP contribution in [0.5, 0.6) is 11.5 Å². The van der Waals surface area contributed by atoms with E-state index in [2.05, 4.69) is 30.4 Å². The van der Waals surface area contributed by atoms with Crippen LogP contribution in [0.1, 0.15) is 20.8 Å². The molecule has 0 fully saturated rings. The molecule has 0 atom stereocenters. The quantitative estimate of drug-likeness (QED) is 0.265. The molecule has 5 nitrogen and oxygen atoms in total. The van der Waals surface area contributed by atoms with Crippen LogP contribution >= 0.6 is 22.7 Å². The van der Waals surface area contributed by atoms with Crippen LogP contribution < -0.4 is 14.8 Å². The van der Waals surface area contributed by atoms with Crippen molar-refractivity contribution in [2.24, 2.45) is 0 Å². The number of rotatable bonds is 7. The number of carbonyl (C=O) groups is 1. The Morgan fingerprint density at radius 2 is 1.74 bits per heavy atom. The Morgan fingerprint density at radius 3 is 2.50 bits per heavy atom. The zero-order chi connectivity index (χ0) is 23.5. The fraction of sp³-hybridized carbons (Fsp3) is 0.111. The van der Waals surface area contributed by atoms with E-state index >= 15 is 0 Å². The number of thiazole rings is 1. The Bertz CT molecular complexity index is 1440. The van der Waals surface area contributed by atoms with E-state index in [-0.39, 0.29) is 5.91 Å². The number of methoxy groups -OCH3 is 1. The van der Waals surface area contributed by atoms with Crippen LogP contribution in [0.25, 0.3) is 20.8 Å². The summed E-state index contributed by atoms with van der Waals surface area (Å²) in [6.45, 7) is 2.48. The van der Waals surface area contributed by atoms with E-state index in [4.69, 9.17) is 14.5 Å². The summed E-state index contributed by atoms with van der Waals surface area (Å²) in [6.07, 6.45) is 0. The zero-order valence-electron chi connectivity index (χ0n) is 18.7. The van der Waals surface area contributed by atoms with Crippen molar-refractivity contribution in [2.45, 2.75) is 13.5 Å². The van der Waals surface area contributed by atoms with Gasteiger partial charge in [-0.1, -0.05) is 6.07 Å². The number of fused-ring (bicyclic) bond motifs is 1. The van der Waals surface area contributed by atoms with Gasteiger partial charge < -0.3 is 14.8 Å². The lowest BCUT2D eigenvalue weighted by atomic mass is 10.2. The topological polar surface area (TPSA) is 60.5 Å². The van der Waals surface area contributed by atoms with Crippen molar-refractivity contribution in [3.05, 3.63) is 94.2 Å². The molecule has 7 heteroatoms. The third kappa shape index (κ3) is 4.95. The van der Waals surface area contributed by atoms with Crippen molar-refractivity contribution in [3.63, 3.8) is 0 Å². The van der Waals surface area contributed by atoms with Crippen LogP contribution in [0.3, 0.4) is 0 Å². The highest BCUT2D eigenvalue weighted by atomic mass is 32.1. The van der Waals surface area contributed by atoms with Gasteiger partial charge in [0, 0.05) is 16.8 Å². The number of aryl methyl sites for hydroxylation is 1.